The zero-order valence-corrected chi connectivity index (χ0v) is 33.6. The quantitative estimate of drug-likeness (QED) is 0.123. The van der Waals surface area contributed by atoms with E-state index in [9.17, 15) is 17.6 Å². The lowest BCUT2D eigenvalue weighted by molar-refractivity contribution is 0.0622. The van der Waals surface area contributed by atoms with Gasteiger partial charge in [-0.05, 0) is 82.8 Å². The number of hydrogen-bond donors (Lipinski definition) is 0. The van der Waals surface area contributed by atoms with Crippen molar-refractivity contribution in [3.8, 4) is 0 Å². The molecule has 0 aliphatic carbocycles. The van der Waals surface area contributed by atoms with Gasteiger partial charge in [0, 0.05) is 64.9 Å². The number of rotatable bonds is 11. The van der Waals surface area contributed by atoms with Crippen molar-refractivity contribution in [1.29, 1.82) is 0 Å². The molecule has 1 atom stereocenters. The van der Waals surface area contributed by atoms with Crippen LogP contribution in [-0.2, 0) is 0 Å². The topological polar surface area (TPSA) is 13.0 Å². The molecule has 2 saturated heterocycles. The highest BCUT2D eigenvalue weighted by Crippen LogP contribution is 2.34. The monoisotopic (exact) mass is 836 g/mol. The summed E-state index contributed by atoms with van der Waals surface area (Å²) >= 11 is 0. The molecule has 7 rings (SSSR count). The van der Waals surface area contributed by atoms with Crippen molar-refractivity contribution in [2.24, 2.45) is 0 Å². The Bertz CT molecular complexity index is 1730. The van der Waals surface area contributed by atoms with Gasteiger partial charge in [0.25, 0.3) is 0 Å². The molecule has 5 aromatic carbocycles. The van der Waals surface area contributed by atoms with Gasteiger partial charge in [-0.1, -0.05) is 78.9 Å². The van der Waals surface area contributed by atoms with Crippen LogP contribution >= 0.6 is 49.6 Å². The predicted molar refractivity (Wildman–Crippen MR) is 223 cm³/mol. The number of benzene rings is 5. The molecular formula is C43H48Cl4F4N4. The zero-order chi connectivity index (χ0) is 35.2. The maximum absolute atomic E-state index is 13.9. The standard InChI is InChI=1S/C43H44F4N4.4ClH/c44-37-14-6-33(7-15-37)42(34-8-16-38(45)17-9-34)50-26-24-48(25-27-50)23-22-41(32-4-2-1-3-5-32)49-28-30-51(31-29-49)43(35-10-18-39(46)19-11-35)36-12-20-40(47)21-13-36;;;;/h1-21,41-43H,22-31H2;4*1H. The first-order valence-corrected chi connectivity index (χ1v) is 17.9. The zero-order valence-electron chi connectivity index (χ0n) is 30.4. The van der Waals surface area contributed by atoms with Crippen LogP contribution in [0.25, 0.3) is 0 Å². The van der Waals surface area contributed by atoms with E-state index in [0.717, 1.165) is 87.6 Å². The highest BCUT2D eigenvalue weighted by atomic mass is 35.5. The fourth-order valence-electron chi connectivity index (χ4n) is 7.90. The Balaban J connectivity index is 0.00000203. The van der Waals surface area contributed by atoms with Crippen molar-refractivity contribution in [3.05, 3.63) is 178 Å². The van der Waals surface area contributed by atoms with E-state index in [-0.39, 0.29) is 91.0 Å². The first-order chi connectivity index (χ1) is 24.9. The molecule has 0 radical (unpaired) electrons. The minimum absolute atomic E-state index is 0. The van der Waals surface area contributed by atoms with E-state index in [4.69, 9.17) is 0 Å². The molecule has 5 aromatic rings. The van der Waals surface area contributed by atoms with Crippen LogP contribution in [0.2, 0.25) is 0 Å². The maximum Gasteiger partial charge on any atom is 0.123 e. The number of hydrogen-bond acceptors (Lipinski definition) is 4. The van der Waals surface area contributed by atoms with E-state index >= 15 is 0 Å². The molecule has 2 heterocycles. The number of nitrogens with zero attached hydrogens (tertiary/aromatic N) is 4. The predicted octanol–water partition coefficient (Wildman–Crippen LogP) is 10.2. The Labute approximate surface area is 347 Å². The van der Waals surface area contributed by atoms with Crippen LogP contribution in [0.5, 0.6) is 0 Å². The fourth-order valence-corrected chi connectivity index (χ4v) is 7.90. The van der Waals surface area contributed by atoms with E-state index < -0.39 is 0 Å². The van der Waals surface area contributed by atoms with Gasteiger partial charge < -0.3 is 4.90 Å². The van der Waals surface area contributed by atoms with Crippen LogP contribution in [0.1, 0.15) is 52.4 Å². The van der Waals surface area contributed by atoms with Crippen LogP contribution in [0.4, 0.5) is 17.6 Å². The third-order valence-electron chi connectivity index (χ3n) is 10.6. The molecule has 296 valence electrons. The Hall–Kier alpha value is -3.18. The van der Waals surface area contributed by atoms with Crippen molar-refractivity contribution in [1.82, 2.24) is 19.6 Å². The molecule has 0 amide bonds. The summed E-state index contributed by atoms with van der Waals surface area (Å²) in [7, 11) is 0. The van der Waals surface area contributed by atoms with Gasteiger partial charge in [0.2, 0.25) is 0 Å². The van der Waals surface area contributed by atoms with Gasteiger partial charge in [-0.3, -0.25) is 14.7 Å². The van der Waals surface area contributed by atoms with Gasteiger partial charge >= 0.3 is 0 Å². The van der Waals surface area contributed by atoms with E-state index in [1.807, 2.05) is 48.5 Å². The first kappa shape index (κ1) is 46.2. The minimum Gasteiger partial charge on any atom is -0.301 e. The summed E-state index contributed by atoms with van der Waals surface area (Å²) < 4.78 is 55.4. The minimum atomic E-state index is -0.269. The number of halogens is 8. The smallest absolute Gasteiger partial charge is 0.123 e. The van der Waals surface area contributed by atoms with E-state index in [0.29, 0.717) is 0 Å². The molecule has 0 aromatic heterocycles. The first-order valence-electron chi connectivity index (χ1n) is 17.9. The molecule has 4 nitrogen and oxygen atoms in total. The van der Waals surface area contributed by atoms with Gasteiger partial charge in [-0.25, -0.2) is 17.6 Å². The van der Waals surface area contributed by atoms with Gasteiger partial charge in [-0.2, -0.15) is 0 Å². The van der Waals surface area contributed by atoms with Crippen molar-refractivity contribution < 1.29 is 17.6 Å². The summed E-state index contributed by atoms with van der Waals surface area (Å²) in [6.45, 7) is 7.89. The Morgan fingerprint density at radius 1 is 0.364 bits per heavy atom. The van der Waals surface area contributed by atoms with Crippen molar-refractivity contribution in [2.75, 3.05) is 58.9 Å². The molecule has 12 heteroatoms. The lowest BCUT2D eigenvalue weighted by atomic mass is 9.95. The normalized spacial score (nSPS) is 16.0. The summed E-state index contributed by atoms with van der Waals surface area (Å²) in [5, 5.41) is 0. The summed E-state index contributed by atoms with van der Waals surface area (Å²) in [5.41, 5.74) is 5.31. The van der Waals surface area contributed by atoms with Crippen molar-refractivity contribution in [3.63, 3.8) is 0 Å². The van der Waals surface area contributed by atoms with Crippen LogP contribution < -0.4 is 0 Å². The fraction of sp³-hybridized carbons (Fsp3) is 0.302. The van der Waals surface area contributed by atoms with Crippen LogP contribution in [-0.4, -0.2) is 78.5 Å². The van der Waals surface area contributed by atoms with Gasteiger partial charge in [0.15, 0.2) is 0 Å². The maximum atomic E-state index is 13.9. The molecule has 0 saturated carbocycles. The summed E-state index contributed by atoms with van der Waals surface area (Å²) in [6, 6.07) is 37.5. The van der Waals surface area contributed by atoms with E-state index in [2.05, 4.69) is 49.9 Å². The lowest BCUT2D eigenvalue weighted by Crippen LogP contribution is -2.50. The van der Waals surface area contributed by atoms with Gasteiger partial charge in [0.05, 0.1) is 12.1 Å². The average Bonchev–Trinajstić information content (AvgIpc) is 3.16. The Kier molecular flexibility index (Phi) is 18.4. The Morgan fingerprint density at radius 3 is 1.02 bits per heavy atom. The van der Waals surface area contributed by atoms with E-state index in [1.54, 1.807) is 0 Å². The van der Waals surface area contributed by atoms with Crippen molar-refractivity contribution in [2.45, 2.75) is 24.5 Å². The largest absolute Gasteiger partial charge is 0.301 e. The Morgan fingerprint density at radius 2 is 0.673 bits per heavy atom. The highest BCUT2D eigenvalue weighted by molar-refractivity contribution is 5.86. The second kappa shape index (κ2) is 21.9. The molecule has 2 aliphatic rings. The second-order valence-corrected chi connectivity index (χ2v) is 13.7. The summed E-state index contributed by atoms with van der Waals surface area (Å²) in [4.78, 5) is 9.97. The molecule has 2 fully saturated rings. The van der Waals surface area contributed by atoms with Gasteiger partial charge in [-0.15, -0.1) is 49.6 Å². The SMILES string of the molecule is Cl.Cl.Cl.Cl.Fc1ccc(C(c2ccc(F)cc2)N2CCN(CCC(c3ccccc3)N3CCN(C(c4ccc(F)cc4)c4ccc(F)cc4)CC3)CC2)cc1. The lowest BCUT2D eigenvalue weighted by Gasteiger charge is -2.44. The molecule has 0 bridgehead atoms. The molecule has 0 N–H and O–H groups in total. The molecule has 1 unspecified atom stereocenters. The van der Waals surface area contributed by atoms with Crippen LogP contribution in [0, 0.1) is 23.3 Å². The molecule has 2 aliphatic heterocycles. The molecule has 0 spiro atoms. The average molecular weight is 839 g/mol. The molecular weight excluding hydrogens is 790 g/mol. The third kappa shape index (κ3) is 11.7. The summed E-state index contributed by atoms with van der Waals surface area (Å²) in [5.74, 6) is -1.07. The van der Waals surface area contributed by atoms with Gasteiger partial charge in [0.1, 0.15) is 23.3 Å². The van der Waals surface area contributed by atoms with Crippen molar-refractivity contribution >= 4 is 49.6 Å². The van der Waals surface area contributed by atoms with Crippen LogP contribution in [0.15, 0.2) is 127 Å². The van der Waals surface area contributed by atoms with E-state index in [1.165, 1.54) is 54.1 Å². The second-order valence-electron chi connectivity index (χ2n) is 13.7. The number of piperazine rings is 2. The molecule has 55 heavy (non-hydrogen) atoms. The highest BCUT2D eigenvalue weighted by Gasteiger charge is 2.32. The third-order valence-corrected chi connectivity index (χ3v) is 10.6. The van der Waals surface area contributed by atoms with Crippen LogP contribution in [0.3, 0.4) is 0 Å². The summed E-state index contributed by atoms with van der Waals surface area (Å²) in [6.07, 6.45) is 0.989.